The van der Waals surface area contributed by atoms with Crippen LogP contribution in [-0.4, -0.2) is 16.6 Å². The van der Waals surface area contributed by atoms with Crippen molar-refractivity contribution in [2.45, 2.75) is 20.0 Å². The summed E-state index contributed by atoms with van der Waals surface area (Å²) >= 11 is 0. The highest BCUT2D eigenvalue weighted by molar-refractivity contribution is 6.14. The average Bonchev–Trinajstić information content (AvgIpc) is 2.56. The van der Waals surface area contributed by atoms with Gasteiger partial charge in [0.05, 0.1) is 11.5 Å². The van der Waals surface area contributed by atoms with Crippen LogP contribution >= 0.6 is 0 Å². The molecule has 4 nitrogen and oxygen atoms in total. The zero-order valence-electron chi connectivity index (χ0n) is 9.69. The molecule has 0 fully saturated rings. The molecule has 0 aromatic carbocycles. The highest BCUT2D eigenvalue weighted by atomic mass is 19.4. The molecular weight excluding hydrogens is 247 g/mol. The Balaban J connectivity index is 2.29. The van der Waals surface area contributed by atoms with Gasteiger partial charge in [-0.2, -0.15) is 23.3 Å². The molecule has 2 heterocycles. The fourth-order valence-electron chi connectivity index (χ4n) is 1.50. The molecule has 1 amide bonds. The topological polar surface area (TPSA) is 45.6 Å². The van der Waals surface area contributed by atoms with Crippen molar-refractivity contribution in [2.24, 2.45) is 11.0 Å². The van der Waals surface area contributed by atoms with E-state index < -0.39 is 11.7 Å². The minimum Gasteiger partial charge on any atom is -0.272 e. The number of hydrogen-bond donors (Lipinski definition) is 0. The van der Waals surface area contributed by atoms with Gasteiger partial charge in [0.1, 0.15) is 0 Å². The molecule has 2 rings (SSSR count). The number of nitrogens with zero attached hydrogens (tertiary/aromatic N) is 3. The van der Waals surface area contributed by atoms with Gasteiger partial charge in [0.25, 0.3) is 5.91 Å². The van der Waals surface area contributed by atoms with Crippen LogP contribution in [0, 0.1) is 5.92 Å². The molecule has 1 unspecified atom stereocenters. The molecule has 0 aliphatic carbocycles. The predicted octanol–water partition coefficient (Wildman–Crippen LogP) is 2.46. The zero-order valence-corrected chi connectivity index (χ0v) is 9.69. The number of anilines is 1. The summed E-state index contributed by atoms with van der Waals surface area (Å²) in [5.41, 5.74) is -0.242. The van der Waals surface area contributed by atoms with Gasteiger partial charge in [-0.3, -0.25) is 4.79 Å². The molecule has 1 atom stereocenters. The maximum absolute atomic E-state index is 12.3. The second-order valence-electron chi connectivity index (χ2n) is 4.02. The lowest BCUT2D eigenvalue weighted by Crippen LogP contribution is -2.26. The summed E-state index contributed by atoms with van der Waals surface area (Å²) in [6.45, 7) is 3.37. The summed E-state index contributed by atoms with van der Waals surface area (Å²) in [4.78, 5) is 15.4. The highest BCUT2D eigenvalue weighted by Gasteiger charge is 2.33. The van der Waals surface area contributed by atoms with Gasteiger partial charge < -0.3 is 0 Å². The SMILES string of the molecule is CC1=NN(c2ccc(C(F)(F)F)cn2)C(=O)C1C. The fraction of sp³-hybridized carbons (Fsp3) is 0.364. The number of amides is 1. The van der Waals surface area contributed by atoms with Crippen LogP contribution in [0.25, 0.3) is 0 Å². The van der Waals surface area contributed by atoms with Gasteiger partial charge in [-0.25, -0.2) is 4.98 Å². The van der Waals surface area contributed by atoms with Crippen molar-refractivity contribution in [3.8, 4) is 0 Å². The van der Waals surface area contributed by atoms with Gasteiger partial charge in [-0.15, -0.1) is 0 Å². The van der Waals surface area contributed by atoms with E-state index in [1.807, 2.05) is 0 Å². The van der Waals surface area contributed by atoms with Crippen LogP contribution in [0.2, 0.25) is 0 Å². The van der Waals surface area contributed by atoms with E-state index in [1.54, 1.807) is 13.8 Å². The van der Waals surface area contributed by atoms with Gasteiger partial charge in [0.15, 0.2) is 5.82 Å². The summed E-state index contributed by atoms with van der Waals surface area (Å²) in [7, 11) is 0. The molecule has 0 bridgehead atoms. The maximum Gasteiger partial charge on any atom is 0.417 e. The Morgan fingerprint density at radius 2 is 2.00 bits per heavy atom. The quantitative estimate of drug-likeness (QED) is 0.775. The molecular formula is C11H10F3N3O. The van der Waals surface area contributed by atoms with E-state index in [2.05, 4.69) is 10.1 Å². The van der Waals surface area contributed by atoms with Crippen molar-refractivity contribution in [1.82, 2.24) is 4.98 Å². The van der Waals surface area contributed by atoms with Gasteiger partial charge in [0.2, 0.25) is 0 Å². The predicted molar refractivity (Wildman–Crippen MR) is 59.0 cm³/mol. The van der Waals surface area contributed by atoms with Crippen LogP contribution in [0.4, 0.5) is 19.0 Å². The second kappa shape index (κ2) is 4.08. The maximum atomic E-state index is 12.3. The minimum atomic E-state index is -4.44. The van der Waals surface area contributed by atoms with Crippen LogP contribution in [0.5, 0.6) is 0 Å². The standard InChI is InChI=1S/C11H10F3N3O/c1-6-7(2)16-17(10(6)18)9-4-3-8(5-15-9)11(12,13)14/h3-6H,1-2H3. The van der Waals surface area contributed by atoms with Crippen molar-refractivity contribution in [3.05, 3.63) is 23.9 Å². The zero-order chi connectivity index (χ0) is 13.5. The smallest absolute Gasteiger partial charge is 0.272 e. The van der Waals surface area contributed by atoms with Crippen molar-refractivity contribution in [3.63, 3.8) is 0 Å². The largest absolute Gasteiger partial charge is 0.417 e. The number of carbonyl (C=O) groups is 1. The van der Waals surface area contributed by atoms with Crippen molar-refractivity contribution in [1.29, 1.82) is 0 Å². The molecule has 7 heteroatoms. The number of halogens is 3. The van der Waals surface area contributed by atoms with E-state index in [0.717, 1.165) is 17.1 Å². The Hall–Kier alpha value is -1.92. The number of hydrazone groups is 1. The molecule has 1 aliphatic heterocycles. The number of hydrogen-bond acceptors (Lipinski definition) is 3. The Kier molecular flexibility index (Phi) is 2.84. The van der Waals surface area contributed by atoms with Crippen LogP contribution in [0.15, 0.2) is 23.4 Å². The van der Waals surface area contributed by atoms with Crippen molar-refractivity contribution in [2.75, 3.05) is 5.01 Å². The minimum absolute atomic E-state index is 0.0942. The Morgan fingerprint density at radius 3 is 2.39 bits per heavy atom. The van der Waals surface area contributed by atoms with Gasteiger partial charge in [-0.1, -0.05) is 0 Å². The third kappa shape index (κ3) is 2.07. The Morgan fingerprint density at radius 1 is 1.33 bits per heavy atom. The Labute approximate surface area is 101 Å². The van der Waals surface area contributed by atoms with Crippen LogP contribution < -0.4 is 5.01 Å². The first kappa shape index (κ1) is 12.5. The van der Waals surface area contributed by atoms with Crippen LogP contribution in [0.1, 0.15) is 19.4 Å². The van der Waals surface area contributed by atoms with E-state index in [0.29, 0.717) is 11.9 Å². The van der Waals surface area contributed by atoms with E-state index in [4.69, 9.17) is 0 Å². The van der Waals surface area contributed by atoms with Crippen molar-refractivity contribution >= 4 is 17.4 Å². The van der Waals surface area contributed by atoms with Crippen LogP contribution in [0.3, 0.4) is 0 Å². The molecule has 0 N–H and O–H groups in total. The number of aromatic nitrogens is 1. The first-order valence-electron chi connectivity index (χ1n) is 5.23. The molecule has 1 aromatic rings. The number of pyridine rings is 1. The van der Waals surface area contributed by atoms with Gasteiger partial charge in [0, 0.05) is 11.9 Å². The van der Waals surface area contributed by atoms with Crippen LogP contribution in [-0.2, 0) is 11.0 Å². The molecule has 0 saturated carbocycles. The molecule has 96 valence electrons. The third-order valence-corrected chi connectivity index (χ3v) is 2.76. The second-order valence-corrected chi connectivity index (χ2v) is 4.02. The number of rotatable bonds is 1. The van der Waals surface area contributed by atoms with Gasteiger partial charge in [-0.05, 0) is 26.0 Å². The molecule has 0 radical (unpaired) electrons. The fourth-order valence-corrected chi connectivity index (χ4v) is 1.50. The van der Waals surface area contributed by atoms with E-state index in [9.17, 15) is 18.0 Å². The summed E-state index contributed by atoms with van der Waals surface area (Å²) in [6, 6.07) is 2.01. The summed E-state index contributed by atoms with van der Waals surface area (Å²) < 4.78 is 37.0. The van der Waals surface area contributed by atoms with E-state index in [1.165, 1.54) is 0 Å². The molecule has 0 saturated heterocycles. The number of carbonyl (C=O) groups excluding carboxylic acids is 1. The average molecular weight is 257 g/mol. The lowest BCUT2D eigenvalue weighted by atomic mass is 10.1. The summed E-state index contributed by atoms with van der Waals surface area (Å²) in [5.74, 6) is -0.564. The first-order chi connectivity index (χ1) is 8.30. The highest BCUT2D eigenvalue weighted by Crippen LogP contribution is 2.30. The third-order valence-electron chi connectivity index (χ3n) is 2.76. The molecule has 1 aromatic heterocycles. The number of alkyl halides is 3. The van der Waals surface area contributed by atoms with E-state index in [-0.39, 0.29) is 17.6 Å². The molecule has 0 spiro atoms. The molecule has 18 heavy (non-hydrogen) atoms. The Bertz CT molecular complexity index is 507. The lowest BCUT2D eigenvalue weighted by molar-refractivity contribution is -0.137. The summed E-state index contributed by atoms with van der Waals surface area (Å²) in [6.07, 6.45) is -3.75. The molecule has 1 aliphatic rings. The van der Waals surface area contributed by atoms with E-state index >= 15 is 0 Å². The normalized spacial score (nSPS) is 20.3. The van der Waals surface area contributed by atoms with Crippen molar-refractivity contribution < 1.29 is 18.0 Å². The lowest BCUT2D eigenvalue weighted by Gasteiger charge is -2.12. The monoisotopic (exact) mass is 257 g/mol. The van der Waals surface area contributed by atoms with Gasteiger partial charge >= 0.3 is 6.18 Å². The summed E-state index contributed by atoms with van der Waals surface area (Å²) in [5, 5.41) is 5.00. The first-order valence-corrected chi connectivity index (χ1v) is 5.23.